The van der Waals surface area contributed by atoms with Gasteiger partial charge in [0.2, 0.25) is 5.91 Å². The second-order valence-corrected chi connectivity index (χ2v) is 8.52. The third-order valence-electron chi connectivity index (χ3n) is 4.93. The van der Waals surface area contributed by atoms with Gasteiger partial charge in [-0.05, 0) is 54.8 Å². The molecule has 6 nitrogen and oxygen atoms in total. The maximum Gasteiger partial charge on any atom is 0.261 e. The Kier molecular flexibility index (Phi) is 4.68. The lowest BCUT2D eigenvalue weighted by atomic mass is 9.95. The lowest BCUT2D eigenvalue weighted by molar-refractivity contribution is -0.123. The number of rotatable bonds is 7. The molecular formula is C21H20N2O4S. The van der Waals surface area contributed by atoms with E-state index in [2.05, 4.69) is 10.0 Å². The zero-order valence-electron chi connectivity index (χ0n) is 15.1. The summed E-state index contributed by atoms with van der Waals surface area (Å²) in [6.45, 7) is 0.350. The number of amides is 1. The highest BCUT2D eigenvalue weighted by Crippen LogP contribution is 2.48. The monoisotopic (exact) mass is 396 g/mol. The molecule has 1 fully saturated rings. The van der Waals surface area contributed by atoms with Crippen LogP contribution in [-0.4, -0.2) is 14.3 Å². The van der Waals surface area contributed by atoms with E-state index in [1.54, 1.807) is 54.8 Å². The van der Waals surface area contributed by atoms with Crippen molar-refractivity contribution in [3.05, 3.63) is 84.3 Å². The van der Waals surface area contributed by atoms with Crippen LogP contribution in [0.25, 0.3) is 0 Å². The molecule has 1 heterocycles. The van der Waals surface area contributed by atoms with Gasteiger partial charge in [0.25, 0.3) is 10.0 Å². The summed E-state index contributed by atoms with van der Waals surface area (Å²) in [5, 5.41) is 2.92. The molecule has 2 N–H and O–H groups in total. The molecule has 0 spiro atoms. The molecule has 0 atom stereocenters. The molecule has 4 rings (SSSR count). The molecule has 1 saturated carbocycles. The highest BCUT2D eigenvalue weighted by atomic mass is 32.2. The van der Waals surface area contributed by atoms with Crippen molar-refractivity contribution in [1.82, 2.24) is 5.32 Å². The molecule has 0 bridgehead atoms. The van der Waals surface area contributed by atoms with Crippen molar-refractivity contribution in [2.45, 2.75) is 29.7 Å². The molecule has 0 saturated heterocycles. The van der Waals surface area contributed by atoms with Crippen molar-refractivity contribution in [2.75, 3.05) is 4.72 Å². The van der Waals surface area contributed by atoms with E-state index in [4.69, 9.17) is 4.42 Å². The summed E-state index contributed by atoms with van der Waals surface area (Å²) in [6.07, 6.45) is 3.11. The van der Waals surface area contributed by atoms with Crippen molar-refractivity contribution in [2.24, 2.45) is 0 Å². The Bertz CT molecular complexity index is 1060. The Morgan fingerprint density at radius 2 is 1.68 bits per heavy atom. The Morgan fingerprint density at radius 1 is 0.964 bits per heavy atom. The number of furan rings is 1. The Hall–Kier alpha value is -3.06. The Morgan fingerprint density at radius 3 is 2.29 bits per heavy atom. The van der Waals surface area contributed by atoms with Gasteiger partial charge in [-0.15, -0.1) is 0 Å². The van der Waals surface area contributed by atoms with Crippen LogP contribution >= 0.6 is 0 Å². The third-order valence-corrected chi connectivity index (χ3v) is 6.33. The van der Waals surface area contributed by atoms with Crippen molar-refractivity contribution in [3.63, 3.8) is 0 Å². The van der Waals surface area contributed by atoms with Gasteiger partial charge >= 0.3 is 0 Å². The fourth-order valence-electron chi connectivity index (χ4n) is 3.19. The number of hydrogen-bond donors (Lipinski definition) is 2. The van der Waals surface area contributed by atoms with Gasteiger partial charge in [-0.1, -0.05) is 30.3 Å². The number of benzene rings is 2. The highest BCUT2D eigenvalue weighted by molar-refractivity contribution is 7.92. The molecule has 0 unspecified atom stereocenters. The van der Waals surface area contributed by atoms with Gasteiger partial charge in [-0.2, -0.15) is 0 Å². The van der Waals surface area contributed by atoms with Gasteiger partial charge in [0.05, 0.1) is 23.1 Å². The molecule has 144 valence electrons. The fraction of sp³-hybridized carbons (Fsp3) is 0.190. The van der Waals surface area contributed by atoms with Crippen molar-refractivity contribution < 1.29 is 17.6 Å². The van der Waals surface area contributed by atoms with E-state index in [1.165, 1.54) is 0 Å². The predicted octanol–water partition coefficient (Wildman–Crippen LogP) is 3.43. The summed E-state index contributed by atoms with van der Waals surface area (Å²) in [5.74, 6) is 0.663. The second kappa shape index (κ2) is 7.16. The van der Waals surface area contributed by atoms with Crippen LogP contribution in [0, 0.1) is 0 Å². The minimum absolute atomic E-state index is 0.0403. The minimum Gasteiger partial charge on any atom is -0.467 e. The van der Waals surface area contributed by atoms with E-state index in [-0.39, 0.29) is 10.8 Å². The maximum atomic E-state index is 12.7. The topological polar surface area (TPSA) is 88.4 Å². The lowest BCUT2D eigenvalue weighted by Crippen LogP contribution is -2.34. The van der Waals surface area contributed by atoms with Crippen LogP contribution in [0.1, 0.15) is 24.2 Å². The predicted molar refractivity (Wildman–Crippen MR) is 105 cm³/mol. The zero-order valence-corrected chi connectivity index (χ0v) is 15.9. The van der Waals surface area contributed by atoms with Crippen LogP contribution in [0.3, 0.4) is 0 Å². The molecule has 3 aromatic rings. The summed E-state index contributed by atoms with van der Waals surface area (Å²) in [4.78, 5) is 12.9. The average molecular weight is 396 g/mol. The molecule has 0 radical (unpaired) electrons. The molecular weight excluding hydrogens is 376 g/mol. The summed E-state index contributed by atoms with van der Waals surface area (Å²) < 4.78 is 32.6. The van der Waals surface area contributed by atoms with Crippen LogP contribution in [0.5, 0.6) is 0 Å². The van der Waals surface area contributed by atoms with E-state index in [0.717, 1.165) is 18.4 Å². The molecule has 28 heavy (non-hydrogen) atoms. The molecule has 1 aliphatic carbocycles. The molecule has 2 aromatic carbocycles. The van der Waals surface area contributed by atoms with Crippen LogP contribution in [-0.2, 0) is 26.8 Å². The van der Waals surface area contributed by atoms with E-state index in [0.29, 0.717) is 18.0 Å². The van der Waals surface area contributed by atoms with Crippen molar-refractivity contribution >= 4 is 21.6 Å². The molecule has 1 aliphatic rings. The van der Waals surface area contributed by atoms with Gasteiger partial charge in [0.1, 0.15) is 5.76 Å². The fourth-order valence-corrected chi connectivity index (χ4v) is 4.27. The highest BCUT2D eigenvalue weighted by Gasteiger charge is 2.51. The summed E-state index contributed by atoms with van der Waals surface area (Å²) in [7, 11) is -3.64. The molecule has 7 heteroatoms. The number of sulfonamides is 1. The van der Waals surface area contributed by atoms with E-state index < -0.39 is 15.4 Å². The number of hydrogen-bond acceptors (Lipinski definition) is 4. The number of carbonyl (C=O) groups excluding carboxylic acids is 1. The van der Waals surface area contributed by atoms with Crippen LogP contribution < -0.4 is 10.0 Å². The standard InChI is InChI=1S/C21H20N2O4S/c24-20(22-15-18-5-4-14-27-18)21(12-13-21)16-8-10-17(11-9-16)23-28(25,26)19-6-2-1-3-7-19/h1-11,14,23H,12-13,15H2,(H,22,24). The van der Waals surface area contributed by atoms with Gasteiger partial charge in [0.15, 0.2) is 0 Å². The number of anilines is 1. The molecule has 1 amide bonds. The van der Waals surface area contributed by atoms with Gasteiger partial charge < -0.3 is 9.73 Å². The molecule has 1 aromatic heterocycles. The average Bonchev–Trinajstić information content (AvgIpc) is 3.35. The van der Waals surface area contributed by atoms with Crippen LogP contribution in [0.4, 0.5) is 5.69 Å². The van der Waals surface area contributed by atoms with E-state index >= 15 is 0 Å². The van der Waals surface area contributed by atoms with Crippen molar-refractivity contribution in [3.8, 4) is 0 Å². The van der Waals surface area contributed by atoms with Crippen molar-refractivity contribution in [1.29, 1.82) is 0 Å². The maximum absolute atomic E-state index is 12.7. The van der Waals surface area contributed by atoms with Gasteiger partial charge in [0, 0.05) is 5.69 Å². The first-order chi connectivity index (χ1) is 13.5. The Balaban J connectivity index is 1.45. The first kappa shape index (κ1) is 18.3. The van der Waals surface area contributed by atoms with Crippen LogP contribution in [0.2, 0.25) is 0 Å². The number of nitrogens with one attached hydrogen (secondary N) is 2. The zero-order chi connectivity index (χ0) is 19.6. The van der Waals surface area contributed by atoms with Gasteiger partial charge in [-0.3, -0.25) is 9.52 Å². The summed E-state index contributed by atoms with van der Waals surface area (Å²) in [5.41, 5.74) is 0.801. The SMILES string of the molecule is O=C(NCc1ccco1)C1(c2ccc(NS(=O)(=O)c3ccccc3)cc2)CC1. The van der Waals surface area contributed by atoms with E-state index in [9.17, 15) is 13.2 Å². The van der Waals surface area contributed by atoms with Crippen LogP contribution in [0.15, 0.2) is 82.3 Å². The summed E-state index contributed by atoms with van der Waals surface area (Å²) >= 11 is 0. The molecule has 0 aliphatic heterocycles. The first-order valence-corrected chi connectivity index (χ1v) is 10.5. The normalized spacial score (nSPS) is 15.0. The smallest absolute Gasteiger partial charge is 0.261 e. The minimum atomic E-state index is -3.64. The lowest BCUT2D eigenvalue weighted by Gasteiger charge is -2.16. The van der Waals surface area contributed by atoms with Gasteiger partial charge in [-0.25, -0.2) is 8.42 Å². The van der Waals surface area contributed by atoms with E-state index in [1.807, 2.05) is 18.2 Å². The first-order valence-electron chi connectivity index (χ1n) is 8.99. The quantitative estimate of drug-likeness (QED) is 0.640. The third kappa shape index (κ3) is 3.66. The summed E-state index contributed by atoms with van der Waals surface area (Å²) in [6, 6.07) is 18.8. The largest absolute Gasteiger partial charge is 0.467 e. The second-order valence-electron chi connectivity index (χ2n) is 6.84. The Labute approximate surface area is 163 Å². The number of carbonyl (C=O) groups is 1.